The van der Waals surface area contributed by atoms with Crippen molar-refractivity contribution in [2.75, 3.05) is 0 Å². The summed E-state index contributed by atoms with van der Waals surface area (Å²) in [7, 11) is 0. The summed E-state index contributed by atoms with van der Waals surface area (Å²) in [5.41, 5.74) is 1.99. The highest BCUT2D eigenvalue weighted by molar-refractivity contribution is 7.16. The van der Waals surface area contributed by atoms with Gasteiger partial charge in [0, 0.05) is 20.9 Å². The molecule has 0 unspecified atom stereocenters. The fraction of sp³-hybridized carbons (Fsp3) is 0.167. The molecule has 0 spiro atoms. The molecule has 0 aromatic carbocycles. The SMILES string of the molecule is Cc1sc(Cl)cc1C#Cc1cc(Cl)sc1C. The molecule has 0 radical (unpaired) electrons. The Kier molecular flexibility index (Phi) is 3.61. The number of hydrogen-bond donors (Lipinski definition) is 0. The molecule has 82 valence electrons. The lowest BCUT2D eigenvalue weighted by Gasteiger charge is -1.85. The van der Waals surface area contributed by atoms with Gasteiger partial charge in [-0.1, -0.05) is 35.0 Å². The predicted molar refractivity (Wildman–Crippen MR) is 74.1 cm³/mol. The van der Waals surface area contributed by atoms with Gasteiger partial charge in [0.05, 0.1) is 8.67 Å². The molecule has 16 heavy (non-hydrogen) atoms. The first-order valence-electron chi connectivity index (χ1n) is 4.60. The van der Waals surface area contributed by atoms with Crippen molar-refractivity contribution in [2.45, 2.75) is 13.8 Å². The molecule has 2 heterocycles. The molecule has 0 saturated carbocycles. The predicted octanol–water partition coefficient (Wildman–Crippen LogP) is 5.13. The maximum absolute atomic E-state index is 5.91. The maximum Gasteiger partial charge on any atom is 0.0943 e. The first-order valence-corrected chi connectivity index (χ1v) is 6.99. The van der Waals surface area contributed by atoms with E-state index in [1.54, 1.807) is 22.7 Å². The first kappa shape index (κ1) is 12.0. The monoisotopic (exact) mass is 286 g/mol. The van der Waals surface area contributed by atoms with Crippen LogP contribution in [-0.2, 0) is 0 Å². The zero-order valence-electron chi connectivity index (χ0n) is 8.73. The van der Waals surface area contributed by atoms with E-state index in [2.05, 4.69) is 11.8 Å². The Morgan fingerprint density at radius 2 is 1.25 bits per heavy atom. The Morgan fingerprint density at radius 3 is 1.50 bits per heavy atom. The average Bonchev–Trinajstić information content (AvgIpc) is 2.66. The molecule has 0 amide bonds. The summed E-state index contributed by atoms with van der Waals surface area (Å²) >= 11 is 14.9. The molecule has 0 aliphatic heterocycles. The van der Waals surface area contributed by atoms with Gasteiger partial charge >= 0.3 is 0 Å². The van der Waals surface area contributed by atoms with Crippen LogP contribution in [0.3, 0.4) is 0 Å². The Labute approximate surface area is 113 Å². The van der Waals surface area contributed by atoms with Crippen LogP contribution in [0.2, 0.25) is 8.67 Å². The lowest BCUT2D eigenvalue weighted by Crippen LogP contribution is -1.74. The Balaban J connectivity index is 2.35. The molecule has 0 N–H and O–H groups in total. The van der Waals surface area contributed by atoms with Gasteiger partial charge in [-0.2, -0.15) is 0 Å². The van der Waals surface area contributed by atoms with E-state index in [9.17, 15) is 0 Å². The van der Waals surface area contributed by atoms with E-state index < -0.39 is 0 Å². The second-order valence-corrected chi connectivity index (χ2v) is 7.07. The van der Waals surface area contributed by atoms with Crippen molar-refractivity contribution >= 4 is 45.9 Å². The van der Waals surface area contributed by atoms with Crippen molar-refractivity contribution < 1.29 is 0 Å². The van der Waals surface area contributed by atoms with Crippen molar-refractivity contribution in [1.29, 1.82) is 0 Å². The normalized spacial score (nSPS) is 10.0. The van der Waals surface area contributed by atoms with Gasteiger partial charge in [0.2, 0.25) is 0 Å². The van der Waals surface area contributed by atoms with Crippen LogP contribution in [-0.4, -0.2) is 0 Å². The highest BCUT2D eigenvalue weighted by Crippen LogP contribution is 2.27. The minimum atomic E-state index is 0.780. The molecule has 2 aromatic heterocycles. The molecule has 0 fully saturated rings. The molecular weight excluding hydrogens is 279 g/mol. The van der Waals surface area contributed by atoms with Gasteiger partial charge < -0.3 is 0 Å². The molecule has 0 saturated heterocycles. The maximum atomic E-state index is 5.91. The topological polar surface area (TPSA) is 0 Å². The van der Waals surface area contributed by atoms with Gasteiger partial charge in [-0.05, 0) is 26.0 Å². The van der Waals surface area contributed by atoms with Crippen LogP contribution in [0, 0.1) is 25.7 Å². The molecular formula is C12H8Cl2S2. The third-order valence-electron chi connectivity index (χ3n) is 2.11. The van der Waals surface area contributed by atoms with Gasteiger partial charge in [-0.25, -0.2) is 0 Å². The Morgan fingerprint density at radius 1 is 0.875 bits per heavy atom. The van der Waals surface area contributed by atoms with E-state index in [0.717, 1.165) is 29.6 Å². The third-order valence-corrected chi connectivity index (χ3v) is 4.47. The third kappa shape index (κ3) is 2.61. The summed E-state index contributed by atoms with van der Waals surface area (Å²) in [4.78, 5) is 2.30. The van der Waals surface area contributed by atoms with Crippen LogP contribution < -0.4 is 0 Å². The van der Waals surface area contributed by atoms with Crippen LogP contribution in [0.4, 0.5) is 0 Å². The number of halogens is 2. The van der Waals surface area contributed by atoms with Gasteiger partial charge in [0.25, 0.3) is 0 Å². The standard InChI is InChI=1S/C12H8Cl2S2/c1-7-9(5-11(13)15-7)3-4-10-6-12(14)16-8(10)2/h5-6H,1-2H3. The fourth-order valence-corrected chi connectivity index (χ4v) is 3.57. The van der Waals surface area contributed by atoms with Crippen molar-refractivity contribution in [3.05, 3.63) is 41.7 Å². The van der Waals surface area contributed by atoms with Crippen LogP contribution >= 0.6 is 45.9 Å². The van der Waals surface area contributed by atoms with E-state index in [1.807, 2.05) is 26.0 Å². The number of rotatable bonds is 0. The van der Waals surface area contributed by atoms with Crippen LogP contribution in [0.5, 0.6) is 0 Å². The Bertz CT molecular complexity index is 532. The molecule has 0 nitrogen and oxygen atoms in total. The molecule has 2 aromatic rings. The molecule has 0 atom stereocenters. The quantitative estimate of drug-likeness (QED) is 0.589. The van der Waals surface area contributed by atoms with Gasteiger partial charge in [0.1, 0.15) is 0 Å². The molecule has 0 bridgehead atoms. The minimum absolute atomic E-state index is 0.780. The highest BCUT2D eigenvalue weighted by atomic mass is 35.5. The number of thiophene rings is 2. The molecule has 2 rings (SSSR count). The largest absolute Gasteiger partial charge is 0.127 e. The van der Waals surface area contributed by atoms with Crippen molar-refractivity contribution in [1.82, 2.24) is 0 Å². The molecule has 4 heteroatoms. The van der Waals surface area contributed by atoms with Crippen molar-refractivity contribution in [2.24, 2.45) is 0 Å². The van der Waals surface area contributed by atoms with Gasteiger partial charge in [0.15, 0.2) is 0 Å². The fourth-order valence-electron chi connectivity index (χ4n) is 1.27. The smallest absolute Gasteiger partial charge is 0.0943 e. The second kappa shape index (κ2) is 4.81. The number of aryl methyl sites for hydroxylation is 2. The van der Waals surface area contributed by atoms with Crippen LogP contribution in [0.1, 0.15) is 20.9 Å². The average molecular weight is 287 g/mol. The summed E-state index contributed by atoms with van der Waals surface area (Å²) in [5.74, 6) is 6.26. The summed E-state index contributed by atoms with van der Waals surface area (Å²) in [6.45, 7) is 4.04. The van der Waals surface area contributed by atoms with E-state index in [1.165, 1.54) is 0 Å². The van der Waals surface area contributed by atoms with Gasteiger partial charge in [-0.15, -0.1) is 22.7 Å². The van der Waals surface area contributed by atoms with E-state index >= 15 is 0 Å². The van der Waals surface area contributed by atoms with Gasteiger partial charge in [-0.3, -0.25) is 0 Å². The van der Waals surface area contributed by atoms with E-state index in [0.29, 0.717) is 0 Å². The second-order valence-electron chi connectivity index (χ2n) is 3.29. The van der Waals surface area contributed by atoms with Crippen molar-refractivity contribution in [3.8, 4) is 11.8 Å². The summed E-state index contributed by atoms with van der Waals surface area (Å²) in [6, 6.07) is 3.80. The summed E-state index contributed by atoms with van der Waals surface area (Å²) in [5, 5.41) is 0. The zero-order chi connectivity index (χ0) is 11.7. The van der Waals surface area contributed by atoms with Crippen LogP contribution in [0.15, 0.2) is 12.1 Å². The van der Waals surface area contributed by atoms with E-state index in [4.69, 9.17) is 23.2 Å². The highest BCUT2D eigenvalue weighted by Gasteiger charge is 2.02. The molecule has 0 aliphatic rings. The summed E-state index contributed by atoms with van der Waals surface area (Å²) in [6.07, 6.45) is 0. The van der Waals surface area contributed by atoms with Crippen LogP contribution in [0.25, 0.3) is 0 Å². The number of hydrogen-bond acceptors (Lipinski definition) is 2. The van der Waals surface area contributed by atoms with Crippen molar-refractivity contribution in [3.63, 3.8) is 0 Å². The lowest BCUT2D eigenvalue weighted by atomic mass is 10.2. The lowest BCUT2D eigenvalue weighted by molar-refractivity contribution is 1.57. The zero-order valence-corrected chi connectivity index (χ0v) is 11.9. The Hall–Kier alpha value is -0.460. The first-order chi connectivity index (χ1) is 7.56. The minimum Gasteiger partial charge on any atom is -0.127 e. The molecule has 0 aliphatic carbocycles. The van der Waals surface area contributed by atoms with E-state index in [-0.39, 0.29) is 0 Å². The summed E-state index contributed by atoms with van der Waals surface area (Å²) < 4.78 is 1.56.